The maximum absolute atomic E-state index is 12.4. The highest BCUT2D eigenvalue weighted by atomic mass is 19.4. The van der Waals surface area contributed by atoms with Crippen LogP contribution in [-0.4, -0.2) is 9.97 Å². The number of nitrogens with zero attached hydrogens (tertiary/aromatic N) is 2. The van der Waals surface area contributed by atoms with Crippen LogP contribution in [0, 0.1) is 0 Å². The first-order valence-electron chi connectivity index (χ1n) is 4.31. The minimum absolute atomic E-state index is 0.144. The number of hydrazine groups is 1. The molecule has 1 heterocycles. The van der Waals surface area contributed by atoms with Crippen LogP contribution in [0.5, 0.6) is 0 Å². The van der Waals surface area contributed by atoms with E-state index in [1.807, 2.05) is 0 Å². The standard InChI is InChI=1S/C9H7F3N4/c10-9(11,12)5-1-2-6-7(3-5)15-8(16-13)4-14-6/h1-4H,13H2,(H,15,16). The predicted octanol–water partition coefficient (Wildman–Crippen LogP) is 1.93. The van der Waals surface area contributed by atoms with E-state index in [4.69, 9.17) is 5.84 Å². The highest BCUT2D eigenvalue weighted by molar-refractivity contribution is 5.76. The molecule has 0 amide bonds. The van der Waals surface area contributed by atoms with Gasteiger partial charge in [0.2, 0.25) is 0 Å². The van der Waals surface area contributed by atoms with Crippen LogP contribution in [-0.2, 0) is 6.18 Å². The second-order valence-corrected chi connectivity index (χ2v) is 3.10. The van der Waals surface area contributed by atoms with E-state index in [1.54, 1.807) is 0 Å². The predicted molar refractivity (Wildman–Crippen MR) is 52.4 cm³/mol. The molecule has 7 heteroatoms. The maximum Gasteiger partial charge on any atom is 0.416 e. The van der Waals surface area contributed by atoms with Gasteiger partial charge in [-0.25, -0.2) is 10.8 Å². The Kier molecular flexibility index (Phi) is 2.39. The van der Waals surface area contributed by atoms with E-state index in [2.05, 4.69) is 15.4 Å². The number of nitrogens with one attached hydrogen (secondary N) is 1. The molecule has 0 fully saturated rings. The molecule has 0 aliphatic rings. The van der Waals surface area contributed by atoms with E-state index >= 15 is 0 Å². The van der Waals surface area contributed by atoms with Crippen LogP contribution in [0.1, 0.15) is 5.56 Å². The number of aromatic nitrogens is 2. The molecule has 3 N–H and O–H groups in total. The fourth-order valence-corrected chi connectivity index (χ4v) is 1.26. The van der Waals surface area contributed by atoms with E-state index in [-0.39, 0.29) is 11.3 Å². The third-order valence-electron chi connectivity index (χ3n) is 2.02. The lowest BCUT2D eigenvalue weighted by Gasteiger charge is -2.07. The van der Waals surface area contributed by atoms with E-state index < -0.39 is 11.7 Å². The van der Waals surface area contributed by atoms with Crippen molar-refractivity contribution in [2.45, 2.75) is 6.18 Å². The number of fused-ring (bicyclic) bond motifs is 1. The van der Waals surface area contributed by atoms with Crippen molar-refractivity contribution in [2.75, 3.05) is 5.43 Å². The third kappa shape index (κ3) is 1.89. The molecule has 2 rings (SSSR count). The SMILES string of the molecule is NNc1cnc2ccc(C(F)(F)F)cc2n1. The summed E-state index contributed by atoms with van der Waals surface area (Å²) in [6.45, 7) is 0. The Morgan fingerprint density at radius 1 is 1.19 bits per heavy atom. The highest BCUT2D eigenvalue weighted by Crippen LogP contribution is 2.30. The summed E-state index contributed by atoms with van der Waals surface area (Å²) < 4.78 is 37.2. The number of nitrogens with two attached hydrogens (primary N) is 1. The van der Waals surface area contributed by atoms with Crippen LogP contribution in [0.15, 0.2) is 24.4 Å². The van der Waals surface area contributed by atoms with Gasteiger partial charge in [-0.15, -0.1) is 0 Å². The van der Waals surface area contributed by atoms with Gasteiger partial charge in [0, 0.05) is 0 Å². The van der Waals surface area contributed by atoms with E-state index in [9.17, 15) is 13.2 Å². The van der Waals surface area contributed by atoms with Gasteiger partial charge in [-0.1, -0.05) is 0 Å². The molecule has 2 aromatic rings. The number of benzene rings is 1. The summed E-state index contributed by atoms with van der Waals surface area (Å²) >= 11 is 0. The molecule has 0 saturated heterocycles. The van der Waals surface area contributed by atoms with Crippen molar-refractivity contribution in [1.29, 1.82) is 0 Å². The number of anilines is 1. The molecule has 16 heavy (non-hydrogen) atoms. The van der Waals surface area contributed by atoms with E-state index in [0.29, 0.717) is 5.52 Å². The number of alkyl halides is 3. The highest BCUT2D eigenvalue weighted by Gasteiger charge is 2.30. The molecule has 0 saturated carbocycles. The molecule has 0 aliphatic carbocycles. The smallest absolute Gasteiger partial charge is 0.307 e. The minimum atomic E-state index is -4.39. The number of rotatable bonds is 1. The molecule has 84 valence electrons. The average Bonchev–Trinajstić information content (AvgIpc) is 2.26. The summed E-state index contributed by atoms with van der Waals surface area (Å²) in [6, 6.07) is 3.17. The van der Waals surface area contributed by atoms with E-state index in [1.165, 1.54) is 12.3 Å². The van der Waals surface area contributed by atoms with Gasteiger partial charge < -0.3 is 5.43 Å². The molecule has 1 aromatic carbocycles. The molecule has 0 bridgehead atoms. The Morgan fingerprint density at radius 2 is 1.94 bits per heavy atom. The molecule has 0 radical (unpaired) electrons. The second-order valence-electron chi connectivity index (χ2n) is 3.10. The lowest BCUT2D eigenvalue weighted by molar-refractivity contribution is -0.137. The zero-order valence-electron chi connectivity index (χ0n) is 7.92. The maximum atomic E-state index is 12.4. The van der Waals surface area contributed by atoms with Crippen molar-refractivity contribution >= 4 is 16.9 Å². The molecule has 4 nitrogen and oxygen atoms in total. The normalized spacial score (nSPS) is 11.8. The minimum Gasteiger partial charge on any atom is -0.307 e. The summed E-state index contributed by atoms with van der Waals surface area (Å²) in [7, 11) is 0. The van der Waals surface area contributed by atoms with Crippen molar-refractivity contribution in [3.8, 4) is 0 Å². The summed E-state index contributed by atoms with van der Waals surface area (Å²) in [5.41, 5.74) is 1.99. The van der Waals surface area contributed by atoms with Crippen molar-refractivity contribution in [3.63, 3.8) is 0 Å². The first kappa shape index (κ1) is 10.6. The van der Waals surface area contributed by atoms with Gasteiger partial charge in [0.15, 0.2) is 5.82 Å². The summed E-state index contributed by atoms with van der Waals surface area (Å²) in [5.74, 6) is 5.30. The second kappa shape index (κ2) is 3.60. The quantitative estimate of drug-likeness (QED) is 0.578. The summed E-state index contributed by atoms with van der Waals surface area (Å²) in [6.07, 6.45) is -3.04. The molecule has 0 unspecified atom stereocenters. The number of nitrogen functional groups attached to an aromatic ring is 1. The first-order valence-corrected chi connectivity index (χ1v) is 4.31. The van der Waals surface area contributed by atoms with Crippen LogP contribution < -0.4 is 11.3 Å². The average molecular weight is 228 g/mol. The Bertz CT molecular complexity index is 524. The van der Waals surface area contributed by atoms with Crippen LogP contribution in [0.3, 0.4) is 0 Å². The lowest BCUT2D eigenvalue weighted by atomic mass is 10.2. The first-order chi connectivity index (χ1) is 7.50. The Hall–Kier alpha value is -1.89. The van der Waals surface area contributed by atoms with Crippen LogP contribution in [0.25, 0.3) is 11.0 Å². The Labute approximate surface area is 88.3 Å². The molecule has 0 atom stereocenters. The fourth-order valence-electron chi connectivity index (χ4n) is 1.26. The number of hydrogen-bond acceptors (Lipinski definition) is 4. The topological polar surface area (TPSA) is 63.8 Å². The van der Waals surface area contributed by atoms with Gasteiger partial charge in [0.1, 0.15) is 0 Å². The zero-order chi connectivity index (χ0) is 11.8. The van der Waals surface area contributed by atoms with Gasteiger partial charge >= 0.3 is 6.18 Å². The van der Waals surface area contributed by atoms with Crippen molar-refractivity contribution in [1.82, 2.24) is 9.97 Å². The fraction of sp³-hybridized carbons (Fsp3) is 0.111. The third-order valence-corrected chi connectivity index (χ3v) is 2.02. The monoisotopic (exact) mass is 228 g/mol. The lowest BCUT2D eigenvalue weighted by Crippen LogP contribution is -2.09. The molecular weight excluding hydrogens is 221 g/mol. The summed E-state index contributed by atoms with van der Waals surface area (Å²) in [5, 5.41) is 0. The summed E-state index contributed by atoms with van der Waals surface area (Å²) in [4.78, 5) is 7.77. The van der Waals surface area contributed by atoms with Gasteiger partial charge in [-0.3, -0.25) is 4.98 Å². The van der Waals surface area contributed by atoms with Gasteiger partial charge in [0.05, 0.1) is 22.8 Å². The van der Waals surface area contributed by atoms with Crippen molar-refractivity contribution in [3.05, 3.63) is 30.0 Å². The largest absolute Gasteiger partial charge is 0.416 e. The molecular formula is C9H7F3N4. The Balaban J connectivity index is 2.59. The van der Waals surface area contributed by atoms with Crippen molar-refractivity contribution in [2.24, 2.45) is 5.84 Å². The van der Waals surface area contributed by atoms with Crippen LogP contribution in [0.2, 0.25) is 0 Å². The van der Waals surface area contributed by atoms with Gasteiger partial charge in [-0.2, -0.15) is 13.2 Å². The van der Waals surface area contributed by atoms with Crippen LogP contribution in [0.4, 0.5) is 19.0 Å². The molecule has 0 aliphatic heterocycles. The van der Waals surface area contributed by atoms with Crippen LogP contribution >= 0.6 is 0 Å². The Morgan fingerprint density at radius 3 is 2.56 bits per heavy atom. The molecule has 1 aromatic heterocycles. The van der Waals surface area contributed by atoms with Crippen molar-refractivity contribution < 1.29 is 13.2 Å². The van der Waals surface area contributed by atoms with E-state index in [0.717, 1.165) is 12.1 Å². The van der Waals surface area contributed by atoms with Gasteiger partial charge in [0.25, 0.3) is 0 Å². The number of hydrogen-bond donors (Lipinski definition) is 2. The van der Waals surface area contributed by atoms with Gasteiger partial charge in [-0.05, 0) is 18.2 Å². The molecule has 0 spiro atoms. The number of halogens is 3. The zero-order valence-corrected chi connectivity index (χ0v) is 7.92.